The number of alkyl halides is 1. The predicted molar refractivity (Wildman–Crippen MR) is 318 cm³/mol. The molecule has 21 nitrogen and oxygen atoms in total. The van der Waals surface area contributed by atoms with Crippen molar-refractivity contribution in [2.24, 2.45) is 5.41 Å². The number of nitro groups is 1. The smallest absolute Gasteiger partial charge is 0.435 e. The van der Waals surface area contributed by atoms with E-state index in [9.17, 15) is 37.7 Å². The average Bonchev–Trinajstić information content (AvgIpc) is 1.79. The molecule has 4 aromatic carbocycles. The van der Waals surface area contributed by atoms with Crippen molar-refractivity contribution in [2.75, 3.05) is 67.7 Å². The zero-order chi connectivity index (χ0) is 61.5. The number of halogens is 2. The van der Waals surface area contributed by atoms with Gasteiger partial charge in [-0.1, -0.05) is 49.2 Å². The van der Waals surface area contributed by atoms with Gasteiger partial charge in [0.2, 0.25) is 0 Å². The van der Waals surface area contributed by atoms with Crippen molar-refractivity contribution in [3.8, 4) is 11.5 Å². The van der Waals surface area contributed by atoms with Gasteiger partial charge in [0, 0.05) is 75.5 Å². The molecule has 84 heavy (non-hydrogen) atoms. The molecule has 2 fully saturated rings. The van der Waals surface area contributed by atoms with E-state index >= 15 is 4.39 Å². The number of amides is 3. The van der Waals surface area contributed by atoms with Crippen molar-refractivity contribution in [3.05, 3.63) is 111 Å². The molecule has 1 aliphatic carbocycles. The topological polar surface area (TPSA) is 235 Å². The number of rotatable bonds is 13. The second kappa shape index (κ2) is 24.0. The molecule has 2 saturated heterocycles. The highest BCUT2D eigenvalue weighted by Crippen LogP contribution is 2.45. The Morgan fingerprint density at radius 2 is 1.44 bits per heavy atom. The summed E-state index contributed by atoms with van der Waals surface area (Å²) in [6.07, 6.45) is -0.737. The summed E-state index contributed by atoms with van der Waals surface area (Å²) in [4.78, 5) is 74.4. The van der Waals surface area contributed by atoms with Gasteiger partial charge in [0.15, 0.2) is 11.6 Å². The molecule has 1 aromatic heterocycles. The van der Waals surface area contributed by atoms with Gasteiger partial charge >= 0.3 is 18.3 Å². The van der Waals surface area contributed by atoms with Crippen LogP contribution < -0.4 is 24.2 Å². The highest BCUT2D eigenvalue weighted by atomic mass is 35.5. The first-order valence-corrected chi connectivity index (χ1v) is 29.6. The fourth-order valence-corrected chi connectivity index (χ4v) is 11.3. The molecule has 3 aliphatic rings. The third-order valence-corrected chi connectivity index (χ3v) is 16.0. The normalized spacial score (nSPS) is 16.9. The number of carbonyl (C=O) groups excluding carboxylic acids is 4. The van der Waals surface area contributed by atoms with E-state index in [2.05, 4.69) is 40.9 Å². The summed E-state index contributed by atoms with van der Waals surface area (Å²) in [6.45, 7) is 22.2. The minimum Gasteiger partial charge on any atom is -0.456 e. The monoisotopic (exact) mass is 1200 g/mol. The van der Waals surface area contributed by atoms with Crippen molar-refractivity contribution in [1.82, 2.24) is 19.4 Å². The van der Waals surface area contributed by atoms with E-state index in [0.717, 1.165) is 59.2 Å². The maximum absolute atomic E-state index is 16.1. The standard InChI is InChI=1S/C60H74ClFN8O13S/c1-56(2,3)81-53(72)68(54(73)82-57(4,5)6)51-50-46(69(63-51)55(74)83-58(7,8)9)14-13-15-48(50)80-49-34-41(67-30-28-66(29-31-67)37-39-24-25-59(10,11)36-44(39)38-16-18-40(61)19-17-38)20-22-43(49)52(71)64-84(77,78)42-21-23-45(47(35-42)70(75)76)65(12)60(62)26-32-79-33-27-60/h13-23,34-35H,24-33,36-37H2,1-12H3,(H,64,71). The van der Waals surface area contributed by atoms with Crippen molar-refractivity contribution in [2.45, 2.75) is 136 Å². The van der Waals surface area contributed by atoms with Gasteiger partial charge in [0.05, 0.1) is 39.5 Å². The second-order valence-electron chi connectivity index (χ2n) is 25.1. The molecule has 0 saturated carbocycles. The number of nitro benzene ring substituents is 1. The fraction of sp³-hybridized carbons (Fsp3) is 0.483. The highest BCUT2D eigenvalue weighted by Gasteiger charge is 2.41. The van der Waals surface area contributed by atoms with Crippen molar-refractivity contribution >= 4 is 85.2 Å². The lowest BCUT2D eigenvalue weighted by Gasteiger charge is -2.39. The SMILES string of the molecule is CN(c1ccc(S(=O)(=O)NC(=O)c2ccc(N3CCN(CC4=C(c5ccc(Cl)cc5)CC(C)(C)CC4)CC3)cc2Oc2cccc3c2c(N(C(=O)OC(C)(C)C)C(=O)OC(C)(C)C)nn3C(=O)OC(C)(C)C)cc1[N+](=O)[O-])C1(F)CCOCC1. The Hall–Kier alpha value is -7.34. The fourth-order valence-electron chi connectivity index (χ4n) is 10.2. The zero-order valence-corrected chi connectivity index (χ0v) is 51.2. The minimum atomic E-state index is -4.93. The van der Waals surface area contributed by atoms with E-state index in [1.807, 2.05) is 16.9 Å². The van der Waals surface area contributed by atoms with Gasteiger partial charge in [-0.25, -0.2) is 31.9 Å². The maximum Gasteiger partial charge on any atom is 0.435 e. The molecule has 3 heterocycles. The molecule has 452 valence electrons. The molecular weight excluding hydrogens is 1130 g/mol. The van der Waals surface area contributed by atoms with Crippen LogP contribution >= 0.6 is 11.6 Å². The van der Waals surface area contributed by atoms with Gasteiger partial charge in [-0.3, -0.25) is 19.8 Å². The van der Waals surface area contributed by atoms with E-state index in [-0.39, 0.29) is 65.1 Å². The summed E-state index contributed by atoms with van der Waals surface area (Å²) in [6, 6.07) is 19.8. The summed E-state index contributed by atoms with van der Waals surface area (Å²) < 4.78 is 76.7. The van der Waals surface area contributed by atoms with E-state index in [4.69, 9.17) is 35.3 Å². The first-order chi connectivity index (χ1) is 39.1. The highest BCUT2D eigenvalue weighted by molar-refractivity contribution is 7.90. The summed E-state index contributed by atoms with van der Waals surface area (Å²) in [5, 5.41) is 17.5. The number of hydrogen-bond donors (Lipinski definition) is 1. The zero-order valence-electron chi connectivity index (χ0n) is 49.6. The Balaban J connectivity index is 1.20. The van der Waals surface area contributed by atoms with Crippen LogP contribution in [0.15, 0.2) is 89.3 Å². The molecule has 2 aliphatic heterocycles. The number of benzene rings is 4. The lowest BCUT2D eigenvalue weighted by molar-refractivity contribution is -0.384. The van der Waals surface area contributed by atoms with Crippen LogP contribution in [0.4, 0.5) is 41.7 Å². The van der Waals surface area contributed by atoms with Gasteiger partial charge < -0.3 is 33.5 Å². The van der Waals surface area contributed by atoms with E-state index in [1.54, 1.807) is 68.4 Å². The van der Waals surface area contributed by atoms with Crippen LogP contribution in [0.2, 0.25) is 5.02 Å². The number of allylic oxidation sites excluding steroid dienone is 1. The number of sulfonamides is 1. The number of carbonyl (C=O) groups is 4. The van der Waals surface area contributed by atoms with Crippen molar-refractivity contribution in [1.29, 1.82) is 0 Å². The Morgan fingerprint density at radius 1 is 0.821 bits per heavy atom. The van der Waals surface area contributed by atoms with Gasteiger partial charge in [0.25, 0.3) is 21.6 Å². The number of imide groups is 1. The average molecular weight is 1200 g/mol. The Kier molecular flexibility index (Phi) is 17.9. The Bertz CT molecular complexity index is 3470. The molecule has 0 atom stereocenters. The maximum atomic E-state index is 16.1. The molecule has 24 heteroatoms. The molecule has 0 spiro atoms. The first-order valence-electron chi connectivity index (χ1n) is 27.7. The van der Waals surface area contributed by atoms with Crippen LogP contribution in [0.1, 0.15) is 124 Å². The van der Waals surface area contributed by atoms with Gasteiger partial charge in [-0.2, -0.15) is 9.58 Å². The number of nitrogens with zero attached hydrogens (tertiary/aromatic N) is 7. The molecule has 3 amide bonds. The molecular formula is C60H74ClFN8O13S. The van der Waals surface area contributed by atoms with Gasteiger partial charge in [-0.15, -0.1) is 5.10 Å². The molecule has 5 aromatic rings. The number of fused-ring (bicyclic) bond motifs is 1. The third-order valence-electron chi connectivity index (χ3n) is 14.4. The van der Waals surface area contributed by atoms with Crippen LogP contribution in [0.3, 0.4) is 0 Å². The lowest BCUT2D eigenvalue weighted by atomic mass is 9.72. The minimum absolute atomic E-state index is 0.0308. The van der Waals surface area contributed by atoms with E-state index in [1.165, 1.54) is 48.5 Å². The quantitative estimate of drug-likeness (QED) is 0.0499. The van der Waals surface area contributed by atoms with Crippen LogP contribution in [0, 0.1) is 15.5 Å². The van der Waals surface area contributed by atoms with Crippen LogP contribution in [0.5, 0.6) is 11.5 Å². The van der Waals surface area contributed by atoms with Gasteiger partial charge in [0.1, 0.15) is 34.0 Å². The molecule has 1 N–H and O–H groups in total. The lowest BCUT2D eigenvalue weighted by Crippen LogP contribution is -2.47. The van der Waals surface area contributed by atoms with Crippen LogP contribution in [-0.4, -0.2) is 128 Å². The predicted octanol–water partition coefficient (Wildman–Crippen LogP) is 12.7. The molecule has 0 unspecified atom stereocenters. The molecule has 0 radical (unpaired) electrons. The first kappa shape index (κ1) is 62.7. The number of aromatic nitrogens is 2. The summed E-state index contributed by atoms with van der Waals surface area (Å²) in [5.74, 6) is -4.15. The van der Waals surface area contributed by atoms with Crippen molar-refractivity contribution < 1.29 is 60.6 Å². The summed E-state index contributed by atoms with van der Waals surface area (Å²) >= 11 is 6.30. The number of anilines is 3. The Morgan fingerprint density at radius 3 is 2.04 bits per heavy atom. The summed E-state index contributed by atoms with van der Waals surface area (Å²) in [5.41, 5.74) is -0.144. The number of ether oxygens (including phenoxy) is 5. The molecule has 0 bridgehead atoms. The number of hydrogen-bond acceptors (Lipinski definition) is 17. The van der Waals surface area contributed by atoms with E-state index in [0.29, 0.717) is 41.8 Å². The Labute approximate surface area is 494 Å². The van der Waals surface area contributed by atoms with Crippen molar-refractivity contribution in [3.63, 3.8) is 0 Å². The van der Waals surface area contributed by atoms with Gasteiger partial charge in [-0.05, 0) is 147 Å². The second-order valence-corrected chi connectivity index (χ2v) is 27.2. The summed E-state index contributed by atoms with van der Waals surface area (Å²) in [7, 11) is -3.59. The molecule has 8 rings (SSSR count). The van der Waals surface area contributed by atoms with Crippen LogP contribution in [0.25, 0.3) is 16.5 Å². The van der Waals surface area contributed by atoms with Crippen LogP contribution in [-0.2, 0) is 29.0 Å². The number of piperazine rings is 1. The largest absolute Gasteiger partial charge is 0.456 e. The van der Waals surface area contributed by atoms with E-state index < -0.39 is 78.1 Å². The third kappa shape index (κ3) is 14.8. The number of nitrogens with one attached hydrogen (secondary N) is 1.